The molecule has 0 radical (unpaired) electrons. The SMILES string of the molecule is CCOCCN1CCN(c2cc(Cn3cc(-c4cc(C=O)c(O)c(OC)c4OC)c(C=O)c3/N=C3/CCCN3C)c(Cl)c(F)n2)CC1. The molecule has 2 aromatic heterocycles. The van der Waals surface area contributed by atoms with Gasteiger partial charge in [0.05, 0.1) is 38.5 Å². The van der Waals surface area contributed by atoms with Crippen LogP contribution < -0.4 is 14.4 Å². The largest absolute Gasteiger partial charge is 0.504 e. The summed E-state index contributed by atoms with van der Waals surface area (Å²) in [4.78, 5) is 40.1. The molecule has 0 spiro atoms. The maximum absolute atomic E-state index is 15.3. The molecular weight excluding hydrogens is 631 g/mol. The average molecular weight is 671 g/mol. The van der Waals surface area contributed by atoms with Crippen LogP contribution in [0.15, 0.2) is 23.3 Å². The van der Waals surface area contributed by atoms with Crippen molar-refractivity contribution in [1.82, 2.24) is 19.4 Å². The third-order valence-corrected chi connectivity index (χ3v) is 9.01. The van der Waals surface area contributed by atoms with Crippen LogP contribution in [0.3, 0.4) is 0 Å². The van der Waals surface area contributed by atoms with Crippen LogP contribution in [0.1, 0.15) is 46.0 Å². The van der Waals surface area contributed by atoms with Crippen LogP contribution in [0.25, 0.3) is 11.1 Å². The van der Waals surface area contributed by atoms with Gasteiger partial charge >= 0.3 is 0 Å². The third-order valence-electron chi connectivity index (χ3n) is 8.61. The highest BCUT2D eigenvalue weighted by atomic mass is 35.5. The number of rotatable bonds is 13. The molecule has 2 fully saturated rings. The van der Waals surface area contributed by atoms with E-state index < -0.39 is 5.95 Å². The van der Waals surface area contributed by atoms with Crippen molar-refractivity contribution >= 4 is 41.6 Å². The molecule has 0 saturated carbocycles. The number of ether oxygens (including phenoxy) is 3. The van der Waals surface area contributed by atoms with Gasteiger partial charge in [0.25, 0.3) is 0 Å². The number of nitrogens with zero attached hydrogens (tertiary/aromatic N) is 6. The van der Waals surface area contributed by atoms with Gasteiger partial charge in [-0.05, 0) is 31.0 Å². The number of hydrogen-bond donors (Lipinski definition) is 1. The molecule has 2 aliphatic rings. The monoisotopic (exact) mass is 670 g/mol. The number of aromatic hydroxyl groups is 1. The standard InChI is InChI=1S/C33H40ClFN6O6/c1-5-47-14-13-39-9-11-40(12-10-39)27-16-21(28(34)32(35)36-27)17-41-18-24(25(20-43)33(41)37-26-7-6-8-38(26)2)23-15-22(19-42)29(44)31(46-4)30(23)45-3/h15-16,18-20,44H,5-14,17H2,1-4H3/b37-26-. The number of benzene rings is 1. The van der Waals surface area contributed by atoms with E-state index in [1.165, 1.54) is 20.3 Å². The number of methoxy groups -OCH3 is 2. The maximum atomic E-state index is 15.3. The van der Waals surface area contributed by atoms with Crippen LogP contribution in [0.4, 0.5) is 16.0 Å². The third kappa shape index (κ3) is 7.07. The number of phenolic OH excluding ortho intramolecular Hbond substituents is 1. The number of phenols is 1. The number of halogens is 2. The van der Waals surface area contributed by atoms with Gasteiger partial charge in [-0.2, -0.15) is 4.39 Å². The van der Waals surface area contributed by atoms with E-state index in [2.05, 4.69) is 9.88 Å². The zero-order valence-corrected chi connectivity index (χ0v) is 27.8. The number of likely N-dealkylation sites (tertiary alicyclic amines) is 1. The minimum absolute atomic E-state index is 0.0486. The van der Waals surface area contributed by atoms with Crippen molar-refractivity contribution in [3.05, 3.63) is 46.0 Å². The highest BCUT2D eigenvalue weighted by Crippen LogP contribution is 2.48. The minimum atomic E-state index is -0.787. The number of pyridine rings is 1. The van der Waals surface area contributed by atoms with Crippen molar-refractivity contribution in [3.63, 3.8) is 0 Å². The Hall–Kier alpha value is -4.20. The summed E-state index contributed by atoms with van der Waals surface area (Å²) in [6, 6.07) is 3.20. The van der Waals surface area contributed by atoms with Crippen molar-refractivity contribution in [3.8, 4) is 28.4 Å². The molecule has 4 heterocycles. The molecule has 1 aromatic carbocycles. The van der Waals surface area contributed by atoms with E-state index in [9.17, 15) is 14.7 Å². The lowest BCUT2D eigenvalue weighted by molar-refractivity contribution is 0.111. The second-order valence-corrected chi connectivity index (χ2v) is 11.8. The molecule has 1 N–H and O–H groups in total. The zero-order chi connectivity index (χ0) is 33.7. The minimum Gasteiger partial charge on any atom is -0.504 e. The van der Waals surface area contributed by atoms with Gasteiger partial charge in [-0.1, -0.05) is 11.6 Å². The number of piperazine rings is 1. The van der Waals surface area contributed by atoms with E-state index in [4.69, 9.17) is 30.8 Å². The Labute approximate surface area is 278 Å². The van der Waals surface area contributed by atoms with Crippen molar-refractivity contribution < 1.29 is 33.3 Å². The van der Waals surface area contributed by atoms with Gasteiger partial charge in [-0.3, -0.25) is 14.5 Å². The summed E-state index contributed by atoms with van der Waals surface area (Å²) in [5.74, 6) is 0.495. The molecule has 0 atom stereocenters. The second-order valence-electron chi connectivity index (χ2n) is 11.4. The first-order valence-electron chi connectivity index (χ1n) is 15.5. The first-order chi connectivity index (χ1) is 22.7. The molecule has 14 heteroatoms. The number of aldehydes is 2. The number of amidine groups is 1. The van der Waals surface area contributed by atoms with E-state index in [-0.39, 0.29) is 39.9 Å². The summed E-state index contributed by atoms with van der Waals surface area (Å²) in [6.45, 7) is 7.92. The molecule has 5 rings (SSSR count). The summed E-state index contributed by atoms with van der Waals surface area (Å²) in [5, 5.41) is 10.5. The number of aromatic nitrogens is 2. The number of carbonyl (C=O) groups excluding carboxylic acids is 2. The van der Waals surface area contributed by atoms with Gasteiger partial charge in [0.1, 0.15) is 22.5 Å². The molecule has 252 valence electrons. The Balaban J connectivity index is 1.58. The number of carbonyl (C=O) groups is 2. The second kappa shape index (κ2) is 15.1. The van der Waals surface area contributed by atoms with E-state index >= 15 is 4.39 Å². The van der Waals surface area contributed by atoms with Crippen LogP contribution >= 0.6 is 11.6 Å². The Bertz CT molecular complexity index is 1660. The lowest BCUT2D eigenvalue weighted by atomic mass is 9.99. The van der Waals surface area contributed by atoms with Gasteiger partial charge in [-0.15, -0.1) is 0 Å². The van der Waals surface area contributed by atoms with Crippen molar-refractivity contribution in [2.45, 2.75) is 26.3 Å². The normalized spacial score (nSPS) is 16.3. The molecule has 0 aliphatic carbocycles. The predicted octanol–water partition coefficient (Wildman–Crippen LogP) is 4.65. The predicted molar refractivity (Wildman–Crippen MR) is 178 cm³/mol. The molecule has 0 bridgehead atoms. The fourth-order valence-electron chi connectivity index (χ4n) is 6.06. The Morgan fingerprint density at radius 3 is 2.43 bits per heavy atom. The summed E-state index contributed by atoms with van der Waals surface area (Å²) in [5.41, 5.74) is 1.34. The molecule has 12 nitrogen and oxygen atoms in total. The Kier molecular flexibility index (Phi) is 11.0. The number of aliphatic imine (C=N–C) groups is 1. The van der Waals surface area contributed by atoms with Crippen LogP contribution in [0.5, 0.6) is 17.2 Å². The van der Waals surface area contributed by atoms with Crippen molar-refractivity contribution in [2.24, 2.45) is 4.99 Å². The van der Waals surface area contributed by atoms with Crippen LogP contribution in [0, 0.1) is 5.95 Å². The maximum Gasteiger partial charge on any atom is 0.233 e. The number of hydrogen-bond acceptors (Lipinski definition) is 10. The molecule has 47 heavy (non-hydrogen) atoms. The quantitative estimate of drug-likeness (QED) is 0.156. The highest BCUT2D eigenvalue weighted by molar-refractivity contribution is 6.31. The van der Waals surface area contributed by atoms with Crippen LogP contribution in [-0.4, -0.2) is 117 Å². The molecule has 2 saturated heterocycles. The van der Waals surface area contributed by atoms with E-state index in [0.29, 0.717) is 73.6 Å². The van der Waals surface area contributed by atoms with Crippen molar-refractivity contribution in [1.29, 1.82) is 0 Å². The van der Waals surface area contributed by atoms with Gasteiger partial charge < -0.3 is 33.7 Å². The topological polar surface area (TPSA) is 122 Å². The summed E-state index contributed by atoms with van der Waals surface area (Å²) >= 11 is 6.53. The molecule has 3 aromatic rings. The van der Waals surface area contributed by atoms with E-state index in [1.807, 2.05) is 23.8 Å². The smallest absolute Gasteiger partial charge is 0.233 e. The lowest BCUT2D eigenvalue weighted by Crippen LogP contribution is -2.47. The van der Waals surface area contributed by atoms with Gasteiger partial charge in [0.2, 0.25) is 11.7 Å². The fraction of sp³-hybridized carbons (Fsp3) is 0.455. The Morgan fingerprint density at radius 1 is 1.06 bits per heavy atom. The fourth-order valence-corrected chi connectivity index (χ4v) is 6.22. The average Bonchev–Trinajstić information content (AvgIpc) is 3.65. The highest BCUT2D eigenvalue weighted by Gasteiger charge is 2.28. The summed E-state index contributed by atoms with van der Waals surface area (Å²) in [6.07, 6.45) is 4.49. The van der Waals surface area contributed by atoms with Gasteiger partial charge in [0.15, 0.2) is 24.1 Å². The van der Waals surface area contributed by atoms with E-state index in [1.54, 1.807) is 16.8 Å². The Morgan fingerprint density at radius 2 is 1.81 bits per heavy atom. The van der Waals surface area contributed by atoms with Crippen LogP contribution in [-0.2, 0) is 11.3 Å². The molecule has 2 aliphatic heterocycles. The van der Waals surface area contributed by atoms with Crippen LogP contribution in [0.2, 0.25) is 5.02 Å². The lowest BCUT2D eigenvalue weighted by Gasteiger charge is -2.35. The first-order valence-corrected chi connectivity index (χ1v) is 15.9. The summed E-state index contributed by atoms with van der Waals surface area (Å²) < 4.78 is 33.5. The molecule has 0 unspecified atom stereocenters. The van der Waals surface area contributed by atoms with Gasteiger partial charge in [-0.25, -0.2) is 9.98 Å². The van der Waals surface area contributed by atoms with Crippen molar-refractivity contribution in [2.75, 3.05) is 78.6 Å². The molecule has 0 amide bonds. The van der Waals surface area contributed by atoms with Gasteiger partial charge in [0, 0.05) is 76.7 Å². The number of anilines is 1. The summed E-state index contributed by atoms with van der Waals surface area (Å²) in [7, 11) is 4.67. The zero-order valence-electron chi connectivity index (χ0n) is 27.1. The molecular formula is C33H40ClFN6O6. The van der Waals surface area contributed by atoms with E-state index in [0.717, 1.165) is 38.4 Å². The first kappa shape index (κ1) is 34.1.